The lowest BCUT2D eigenvalue weighted by Gasteiger charge is -2.34. The van der Waals surface area contributed by atoms with Gasteiger partial charge >= 0.3 is 0 Å². The third-order valence-electron chi connectivity index (χ3n) is 3.29. The van der Waals surface area contributed by atoms with Crippen LogP contribution in [-0.4, -0.2) is 33.6 Å². The molecule has 2 N–H and O–H groups in total. The van der Waals surface area contributed by atoms with Crippen LogP contribution in [0.25, 0.3) is 0 Å². The molecule has 2 rings (SSSR count). The molecule has 4 nitrogen and oxygen atoms in total. The molecule has 1 aromatic rings. The molecule has 1 fully saturated rings. The zero-order valence-corrected chi connectivity index (χ0v) is 10.3. The van der Waals surface area contributed by atoms with Gasteiger partial charge in [-0.25, -0.2) is 4.98 Å². The average Bonchev–Trinajstić information content (AvgIpc) is 2.63. The van der Waals surface area contributed by atoms with E-state index in [2.05, 4.69) is 28.3 Å². The lowest BCUT2D eigenvalue weighted by molar-refractivity contribution is 0.155. The molecule has 0 aliphatic carbocycles. The first-order chi connectivity index (χ1) is 7.69. The summed E-state index contributed by atoms with van der Waals surface area (Å²) in [4.78, 5) is 6.65. The zero-order chi connectivity index (χ0) is 11.5. The highest BCUT2D eigenvalue weighted by atomic mass is 15.2. The summed E-state index contributed by atoms with van der Waals surface area (Å²) in [5.74, 6) is 0.710. The predicted octanol–water partition coefficient (Wildman–Crippen LogP) is 1.07. The number of nitrogens with zero attached hydrogens (tertiary/aromatic N) is 3. The van der Waals surface area contributed by atoms with Crippen LogP contribution in [-0.2, 0) is 13.1 Å². The SMILES string of the molecule is CCn1cncc1CN1CC(C)CC(N)C1. The fourth-order valence-electron chi connectivity index (χ4n) is 2.64. The van der Waals surface area contributed by atoms with Crippen LogP contribution in [0.4, 0.5) is 0 Å². The molecule has 0 radical (unpaired) electrons. The van der Waals surface area contributed by atoms with Crippen LogP contribution in [0.3, 0.4) is 0 Å². The molecule has 0 saturated carbocycles. The number of hydrogen-bond acceptors (Lipinski definition) is 3. The van der Waals surface area contributed by atoms with Crippen LogP contribution in [0.1, 0.15) is 26.0 Å². The number of aromatic nitrogens is 2. The van der Waals surface area contributed by atoms with Crippen molar-refractivity contribution < 1.29 is 0 Å². The van der Waals surface area contributed by atoms with Crippen LogP contribution in [0.15, 0.2) is 12.5 Å². The van der Waals surface area contributed by atoms with Crippen LogP contribution >= 0.6 is 0 Å². The molecular formula is C12H22N4. The molecule has 0 spiro atoms. The van der Waals surface area contributed by atoms with E-state index in [0.717, 1.165) is 32.6 Å². The third-order valence-corrected chi connectivity index (χ3v) is 3.29. The summed E-state index contributed by atoms with van der Waals surface area (Å²) in [5, 5.41) is 0. The molecule has 0 bridgehead atoms. The summed E-state index contributed by atoms with van der Waals surface area (Å²) in [5.41, 5.74) is 7.35. The van der Waals surface area contributed by atoms with Crippen LogP contribution < -0.4 is 5.73 Å². The monoisotopic (exact) mass is 222 g/mol. The summed E-state index contributed by atoms with van der Waals surface area (Å²) in [6.45, 7) is 8.57. The Morgan fingerprint density at radius 3 is 3.00 bits per heavy atom. The summed E-state index contributed by atoms with van der Waals surface area (Å²) < 4.78 is 2.20. The molecule has 4 heteroatoms. The fraction of sp³-hybridized carbons (Fsp3) is 0.750. The van der Waals surface area contributed by atoms with Crippen molar-refractivity contribution >= 4 is 0 Å². The number of nitrogens with two attached hydrogens (primary N) is 1. The van der Waals surface area contributed by atoms with Gasteiger partial charge in [-0.3, -0.25) is 4.90 Å². The van der Waals surface area contributed by atoms with E-state index in [-0.39, 0.29) is 0 Å². The average molecular weight is 222 g/mol. The van der Waals surface area contributed by atoms with Crippen molar-refractivity contribution in [2.24, 2.45) is 11.7 Å². The van der Waals surface area contributed by atoms with Gasteiger partial charge in [0, 0.05) is 38.4 Å². The van der Waals surface area contributed by atoms with E-state index in [1.165, 1.54) is 5.69 Å². The molecule has 0 amide bonds. The van der Waals surface area contributed by atoms with Gasteiger partial charge in [0.05, 0.1) is 12.0 Å². The number of likely N-dealkylation sites (tertiary alicyclic amines) is 1. The normalized spacial score (nSPS) is 27.2. The fourth-order valence-corrected chi connectivity index (χ4v) is 2.64. The van der Waals surface area contributed by atoms with Gasteiger partial charge in [-0.05, 0) is 19.3 Å². The summed E-state index contributed by atoms with van der Waals surface area (Å²) in [6, 6.07) is 0.335. The summed E-state index contributed by atoms with van der Waals surface area (Å²) in [6.07, 6.45) is 5.03. The molecule has 1 saturated heterocycles. The first-order valence-corrected chi connectivity index (χ1v) is 6.16. The van der Waals surface area contributed by atoms with Crippen LogP contribution in [0.5, 0.6) is 0 Å². The number of piperidine rings is 1. The highest BCUT2D eigenvalue weighted by Crippen LogP contribution is 2.17. The van der Waals surface area contributed by atoms with Gasteiger partial charge in [-0.2, -0.15) is 0 Å². The van der Waals surface area contributed by atoms with E-state index in [1.807, 2.05) is 12.5 Å². The molecule has 1 aliphatic heterocycles. The topological polar surface area (TPSA) is 47.1 Å². The molecule has 2 heterocycles. The molecule has 16 heavy (non-hydrogen) atoms. The first-order valence-electron chi connectivity index (χ1n) is 6.16. The summed E-state index contributed by atoms with van der Waals surface area (Å²) in [7, 11) is 0. The Morgan fingerprint density at radius 1 is 1.50 bits per heavy atom. The van der Waals surface area contributed by atoms with Gasteiger partial charge < -0.3 is 10.3 Å². The zero-order valence-electron chi connectivity index (χ0n) is 10.3. The van der Waals surface area contributed by atoms with Crippen molar-refractivity contribution in [3.63, 3.8) is 0 Å². The molecule has 1 aliphatic rings. The van der Waals surface area contributed by atoms with E-state index >= 15 is 0 Å². The van der Waals surface area contributed by atoms with Gasteiger partial charge in [0.15, 0.2) is 0 Å². The number of hydrogen-bond donors (Lipinski definition) is 1. The van der Waals surface area contributed by atoms with Crippen molar-refractivity contribution in [2.75, 3.05) is 13.1 Å². The second-order valence-electron chi connectivity index (χ2n) is 4.97. The third kappa shape index (κ3) is 2.62. The predicted molar refractivity (Wildman–Crippen MR) is 64.9 cm³/mol. The van der Waals surface area contributed by atoms with Gasteiger partial charge in [0.1, 0.15) is 0 Å². The highest BCUT2D eigenvalue weighted by molar-refractivity contribution is 4.99. The van der Waals surface area contributed by atoms with Crippen molar-refractivity contribution in [2.45, 2.75) is 39.4 Å². The highest BCUT2D eigenvalue weighted by Gasteiger charge is 2.22. The second kappa shape index (κ2) is 4.97. The minimum Gasteiger partial charge on any atom is -0.334 e. The van der Waals surface area contributed by atoms with E-state index in [4.69, 9.17) is 5.73 Å². The first kappa shape index (κ1) is 11.6. The second-order valence-corrected chi connectivity index (χ2v) is 4.97. The number of aryl methyl sites for hydroxylation is 1. The van der Waals surface area contributed by atoms with Crippen molar-refractivity contribution in [1.29, 1.82) is 0 Å². The molecule has 2 unspecified atom stereocenters. The Kier molecular flexibility index (Phi) is 3.61. The molecule has 2 atom stereocenters. The van der Waals surface area contributed by atoms with Gasteiger partial charge in [0.2, 0.25) is 0 Å². The maximum Gasteiger partial charge on any atom is 0.0948 e. The molecule has 0 aromatic carbocycles. The Balaban J connectivity index is 1.98. The van der Waals surface area contributed by atoms with E-state index in [1.54, 1.807) is 0 Å². The van der Waals surface area contributed by atoms with Gasteiger partial charge in [0.25, 0.3) is 0 Å². The minimum absolute atomic E-state index is 0.335. The Morgan fingerprint density at radius 2 is 2.31 bits per heavy atom. The van der Waals surface area contributed by atoms with Crippen molar-refractivity contribution in [3.05, 3.63) is 18.2 Å². The van der Waals surface area contributed by atoms with Crippen molar-refractivity contribution in [3.8, 4) is 0 Å². The molecule has 90 valence electrons. The number of imidazole rings is 1. The lowest BCUT2D eigenvalue weighted by atomic mass is 9.96. The molecular weight excluding hydrogens is 200 g/mol. The van der Waals surface area contributed by atoms with E-state index < -0.39 is 0 Å². The smallest absolute Gasteiger partial charge is 0.0948 e. The van der Waals surface area contributed by atoms with Gasteiger partial charge in [-0.15, -0.1) is 0 Å². The lowest BCUT2D eigenvalue weighted by Crippen LogP contribution is -2.46. The Hall–Kier alpha value is -0.870. The maximum absolute atomic E-state index is 6.05. The Labute approximate surface area is 97.4 Å². The summed E-state index contributed by atoms with van der Waals surface area (Å²) >= 11 is 0. The van der Waals surface area contributed by atoms with E-state index in [9.17, 15) is 0 Å². The van der Waals surface area contributed by atoms with Crippen LogP contribution in [0.2, 0.25) is 0 Å². The Bertz CT molecular complexity index is 324. The van der Waals surface area contributed by atoms with E-state index in [0.29, 0.717) is 12.0 Å². The van der Waals surface area contributed by atoms with Gasteiger partial charge in [-0.1, -0.05) is 6.92 Å². The van der Waals surface area contributed by atoms with Crippen LogP contribution in [0, 0.1) is 5.92 Å². The quantitative estimate of drug-likeness (QED) is 0.832. The maximum atomic E-state index is 6.05. The minimum atomic E-state index is 0.335. The van der Waals surface area contributed by atoms with Crippen molar-refractivity contribution in [1.82, 2.24) is 14.5 Å². The standard InChI is InChI=1S/C12H22N4/c1-3-16-9-14-5-12(16)8-15-6-10(2)4-11(13)7-15/h5,9-11H,3-4,6-8,13H2,1-2H3. The largest absolute Gasteiger partial charge is 0.334 e. The number of rotatable bonds is 3. The molecule has 1 aromatic heterocycles.